The monoisotopic (exact) mass is 229 g/mol. The zero-order chi connectivity index (χ0) is 11.8. The van der Waals surface area contributed by atoms with Crippen molar-refractivity contribution in [2.24, 2.45) is 11.8 Å². The Kier molecular flexibility index (Phi) is 7.01. The Bertz CT molecular complexity index is 165. The standard InChI is InChI=1S/C13H27NO2/c1-11(2)10-16-8-7-14-9-12-3-5-13(15)6-4-12/h11-15H,3-10H2,1-2H3. The summed E-state index contributed by atoms with van der Waals surface area (Å²) in [6.45, 7) is 8.04. The van der Waals surface area contributed by atoms with Gasteiger partial charge in [-0.15, -0.1) is 0 Å². The quantitative estimate of drug-likeness (QED) is 0.654. The van der Waals surface area contributed by atoms with E-state index in [0.717, 1.165) is 45.1 Å². The number of hydrogen-bond donors (Lipinski definition) is 2. The number of hydrogen-bond acceptors (Lipinski definition) is 3. The first-order valence-electron chi connectivity index (χ1n) is 6.65. The summed E-state index contributed by atoms with van der Waals surface area (Å²) in [4.78, 5) is 0. The molecule has 96 valence electrons. The van der Waals surface area contributed by atoms with E-state index in [9.17, 15) is 5.11 Å². The molecule has 0 unspecified atom stereocenters. The molecule has 16 heavy (non-hydrogen) atoms. The summed E-state index contributed by atoms with van der Waals surface area (Å²) in [5.74, 6) is 1.38. The lowest BCUT2D eigenvalue weighted by Crippen LogP contribution is -2.30. The summed E-state index contributed by atoms with van der Waals surface area (Å²) in [5.41, 5.74) is 0. The second kappa shape index (κ2) is 8.04. The maximum atomic E-state index is 9.38. The van der Waals surface area contributed by atoms with Crippen LogP contribution >= 0.6 is 0 Å². The molecule has 2 N–H and O–H groups in total. The Labute approximate surface area is 99.6 Å². The van der Waals surface area contributed by atoms with Gasteiger partial charge in [0.05, 0.1) is 12.7 Å². The highest BCUT2D eigenvalue weighted by Crippen LogP contribution is 2.23. The van der Waals surface area contributed by atoms with E-state index in [1.54, 1.807) is 0 Å². The van der Waals surface area contributed by atoms with Crippen molar-refractivity contribution < 1.29 is 9.84 Å². The van der Waals surface area contributed by atoms with E-state index in [2.05, 4.69) is 19.2 Å². The molecule has 0 radical (unpaired) electrons. The number of aliphatic hydroxyl groups excluding tert-OH is 1. The predicted molar refractivity (Wildman–Crippen MR) is 66.5 cm³/mol. The Balaban J connectivity index is 1.87. The van der Waals surface area contributed by atoms with Gasteiger partial charge in [0.1, 0.15) is 0 Å². The Hall–Kier alpha value is -0.120. The molecule has 1 rings (SSSR count). The fourth-order valence-electron chi connectivity index (χ4n) is 2.12. The molecule has 1 fully saturated rings. The van der Waals surface area contributed by atoms with Crippen LogP contribution in [0.3, 0.4) is 0 Å². The van der Waals surface area contributed by atoms with Crippen molar-refractivity contribution in [2.75, 3.05) is 26.3 Å². The van der Waals surface area contributed by atoms with Gasteiger partial charge < -0.3 is 15.2 Å². The highest BCUT2D eigenvalue weighted by Gasteiger charge is 2.18. The number of aliphatic hydroxyl groups is 1. The fourth-order valence-corrected chi connectivity index (χ4v) is 2.12. The molecule has 0 atom stereocenters. The zero-order valence-electron chi connectivity index (χ0n) is 10.7. The molecular formula is C13H27NO2. The second-order valence-corrected chi connectivity index (χ2v) is 5.35. The molecule has 0 saturated heterocycles. The molecule has 0 aromatic heterocycles. The number of ether oxygens (including phenoxy) is 1. The summed E-state index contributed by atoms with van der Waals surface area (Å²) in [6, 6.07) is 0. The van der Waals surface area contributed by atoms with E-state index in [1.165, 1.54) is 12.8 Å². The molecule has 3 nitrogen and oxygen atoms in total. The molecular weight excluding hydrogens is 202 g/mol. The maximum Gasteiger partial charge on any atom is 0.0591 e. The Morgan fingerprint density at radius 3 is 2.56 bits per heavy atom. The largest absolute Gasteiger partial charge is 0.393 e. The van der Waals surface area contributed by atoms with Gasteiger partial charge in [0.2, 0.25) is 0 Å². The molecule has 0 bridgehead atoms. The first-order valence-corrected chi connectivity index (χ1v) is 6.65. The van der Waals surface area contributed by atoms with Gasteiger partial charge in [0, 0.05) is 13.2 Å². The van der Waals surface area contributed by atoms with Crippen LogP contribution in [0.4, 0.5) is 0 Å². The van der Waals surface area contributed by atoms with E-state index in [0.29, 0.717) is 5.92 Å². The maximum absolute atomic E-state index is 9.38. The average molecular weight is 229 g/mol. The van der Waals surface area contributed by atoms with E-state index in [4.69, 9.17) is 4.74 Å². The van der Waals surface area contributed by atoms with Gasteiger partial charge in [-0.2, -0.15) is 0 Å². The van der Waals surface area contributed by atoms with Crippen LogP contribution in [0.5, 0.6) is 0 Å². The van der Waals surface area contributed by atoms with Crippen LogP contribution in [-0.4, -0.2) is 37.5 Å². The molecule has 0 aromatic carbocycles. The molecule has 1 aliphatic carbocycles. The topological polar surface area (TPSA) is 41.5 Å². The minimum absolute atomic E-state index is 0.0365. The normalized spacial score (nSPS) is 26.2. The smallest absolute Gasteiger partial charge is 0.0591 e. The van der Waals surface area contributed by atoms with Crippen molar-refractivity contribution >= 4 is 0 Å². The SMILES string of the molecule is CC(C)COCCNCC1CCC(O)CC1. The summed E-state index contributed by atoms with van der Waals surface area (Å²) >= 11 is 0. The van der Waals surface area contributed by atoms with Gasteiger partial charge >= 0.3 is 0 Å². The molecule has 3 heteroatoms. The van der Waals surface area contributed by atoms with Gasteiger partial charge in [0.25, 0.3) is 0 Å². The molecule has 0 amide bonds. The van der Waals surface area contributed by atoms with E-state index >= 15 is 0 Å². The number of nitrogens with one attached hydrogen (secondary N) is 1. The lowest BCUT2D eigenvalue weighted by atomic mass is 9.87. The molecule has 1 aliphatic rings. The Morgan fingerprint density at radius 2 is 1.94 bits per heavy atom. The van der Waals surface area contributed by atoms with Crippen molar-refractivity contribution in [1.29, 1.82) is 0 Å². The zero-order valence-corrected chi connectivity index (χ0v) is 10.7. The second-order valence-electron chi connectivity index (χ2n) is 5.35. The van der Waals surface area contributed by atoms with E-state index < -0.39 is 0 Å². The summed E-state index contributed by atoms with van der Waals surface area (Å²) in [5, 5.41) is 12.8. The molecule has 0 aromatic rings. The summed E-state index contributed by atoms with van der Waals surface area (Å²) in [7, 11) is 0. The minimum Gasteiger partial charge on any atom is -0.393 e. The average Bonchev–Trinajstić information content (AvgIpc) is 2.25. The van der Waals surface area contributed by atoms with Crippen molar-refractivity contribution in [3.05, 3.63) is 0 Å². The lowest BCUT2D eigenvalue weighted by molar-refractivity contribution is 0.101. The summed E-state index contributed by atoms with van der Waals surface area (Å²) < 4.78 is 5.50. The van der Waals surface area contributed by atoms with E-state index in [-0.39, 0.29) is 6.10 Å². The molecule has 1 saturated carbocycles. The van der Waals surface area contributed by atoms with Crippen molar-refractivity contribution in [3.63, 3.8) is 0 Å². The van der Waals surface area contributed by atoms with Crippen LogP contribution in [0, 0.1) is 11.8 Å². The van der Waals surface area contributed by atoms with Crippen LogP contribution in [0.2, 0.25) is 0 Å². The summed E-state index contributed by atoms with van der Waals surface area (Å²) in [6.07, 6.45) is 4.26. The van der Waals surface area contributed by atoms with Crippen molar-refractivity contribution in [3.8, 4) is 0 Å². The minimum atomic E-state index is -0.0365. The highest BCUT2D eigenvalue weighted by molar-refractivity contribution is 4.72. The van der Waals surface area contributed by atoms with Gasteiger partial charge in [-0.1, -0.05) is 13.8 Å². The van der Waals surface area contributed by atoms with Crippen LogP contribution < -0.4 is 5.32 Å². The first kappa shape index (κ1) is 13.9. The van der Waals surface area contributed by atoms with Gasteiger partial charge in [-0.05, 0) is 44.1 Å². The van der Waals surface area contributed by atoms with Gasteiger partial charge in [-0.25, -0.2) is 0 Å². The van der Waals surface area contributed by atoms with Crippen molar-refractivity contribution in [2.45, 2.75) is 45.6 Å². The fraction of sp³-hybridized carbons (Fsp3) is 1.00. The predicted octanol–water partition coefficient (Wildman–Crippen LogP) is 1.80. The van der Waals surface area contributed by atoms with Crippen molar-refractivity contribution in [1.82, 2.24) is 5.32 Å². The van der Waals surface area contributed by atoms with Crippen LogP contribution in [-0.2, 0) is 4.74 Å². The third kappa shape index (κ3) is 6.46. The third-order valence-electron chi connectivity index (χ3n) is 3.12. The lowest BCUT2D eigenvalue weighted by Gasteiger charge is -2.25. The molecule has 0 aliphatic heterocycles. The van der Waals surface area contributed by atoms with Crippen LogP contribution in [0.25, 0.3) is 0 Å². The number of rotatable bonds is 7. The first-order chi connectivity index (χ1) is 7.68. The van der Waals surface area contributed by atoms with Gasteiger partial charge in [-0.3, -0.25) is 0 Å². The van der Waals surface area contributed by atoms with Crippen LogP contribution in [0.1, 0.15) is 39.5 Å². The van der Waals surface area contributed by atoms with Crippen LogP contribution in [0.15, 0.2) is 0 Å². The molecule has 0 spiro atoms. The molecule has 0 heterocycles. The third-order valence-corrected chi connectivity index (χ3v) is 3.12. The van der Waals surface area contributed by atoms with Gasteiger partial charge in [0.15, 0.2) is 0 Å². The highest BCUT2D eigenvalue weighted by atomic mass is 16.5. The Morgan fingerprint density at radius 1 is 1.25 bits per heavy atom. The van der Waals surface area contributed by atoms with E-state index in [1.807, 2.05) is 0 Å².